The topological polar surface area (TPSA) is 96.9 Å². The molecule has 0 aliphatic rings. The molecule has 0 aromatic carbocycles. The van der Waals surface area contributed by atoms with Crippen molar-refractivity contribution in [2.75, 3.05) is 5.75 Å². The van der Waals surface area contributed by atoms with Gasteiger partial charge in [-0.1, -0.05) is 29.2 Å². The Balaban J connectivity index is 1.46. The van der Waals surface area contributed by atoms with Crippen molar-refractivity contribution in [1.29, 1.82) is 0 Å². The molecule has 10 heteroatoms. The summed E-state index contributed by atoms with van der Waals surface area (Å²) in [4.78, 5) is 28.0. The van der Waals surface area contributed by atoms with E-state index in [-0.39, 0.29) is 17.6 Å². The van der Waals surface area contributed by atoms with E-state index in [0.29, 0.717) is 9.22 Å². The van der Waals surface area contributed by atoms with E-state index >= 15 is 0 Å². The van der Waals surface area contributed by atoms with Gasteiger partial charge in [-0.2, -0.15) is 0 Å². The molecule has 0 spiro atoms. The molecule has 3 aromatic rings. The van der Waals surface area contributed by atoms with E-state index in [9.17, 15) is 9.59 Å². The van der Waals surface area contributed by atoms with Crippen molar-refractivity contribution in [2.45, 2.75) is 4.34 Å². The standard InChI is InChI=1S/C14H11N5O2S3/c20-11(16-17-12(21)10-2-1-7-22-10)8-23-14-19-18-13(24-14)9-3-5-15-6-4-9/h1-7H,8H2,(H,16,20)(H,17,21). The summed E-state index contributed by atoms with van der Waals surface area (Å²) < 4.78 is 0.682. The Hall–Kier alpha value is -2.30. The summed E-state index contributed by atoms with van der Waals surface area (Å²) in [6, 6.07) is 7.15. The van der Waals surface area contributed by atoms with Crippen LogP contribution in [0.3, 0.4) is 0 Å². The highest BCUT2D eigenvalue weighted by atomic mass is 32.2. The molecule has 2 amide bonds. The van der Waals surface area contributed by atoms with E-state index in [4.69, 9.17) is 0 Å². The summed E-state index contributed by atoms with van der Waals surface area (Å²) >= 11 is 3.96. The summed E-state index contributed by atoms with van der Waals surface area (Å²) in [5.41, 5.74) is 5.68. The number of rotatable bonds is 5. The monoisotopic (exact) mass is 377 g/mol. The second-order valence-electron chi connectivity index (χ2n) is 4.38. The third-order valence-electron chi connectivity index (χ3n) is 2.72. The van der Waals surface area contributed by atoms with Crippen molar-refractivity contribution < 1.29 is 9.59 Å². The number of carbonyl (C=O) groups is 2. The molecule has 7 nitrogen and oxygen atoms in total. The third-order valence-corrected chi connectivity index (χ3v) is 5.70. The first kappa shape index (κ1) is 16.6. The number of carbonyl (C=O) groups excluding carboxylic acids is 2. The zero-order valence-electron chi connectivity index (χ0n) is 12.1. The first-order valence-corrected chi connectivity index (χ1v) is 9.40. The number of thioether (sulfide) groups is 1. The molecule has 2 N–H and O–H groups in total. The van der Waals surface area contributed by atoms with E-state index < -0.39 is 0 Å². The van der Waals surface area contributed by atoms with Crippen LogP contribution in [0.1, 0.15) is 9.67 Å². The molecule has 0 atom stereocenters. The Labute approximate surface area is 149 Å². The Morgan fingerprint density at radius 2 is 1.96 bits per heavy atom. The van der Waals surface area contributed by atoms with Gasteiger partial charge in [0, 0.05) is 18.0 Å². The molecule has 24 heavy (non-hydrogen) atoms. The van der Waals surface area contributed by atoms with Crippen LogP contribution in [-0.4, -0.2) is 32.7 Å². The first-order valence-electron chi connectivity index (χ1n) is 6.72. The lowest BCUT2D eigenvalue weighted by atomic mass is 10.3. The summed E-state index contributed by atoms with van der Waals surface area (Å²) in [5.74, 6) is -0.514. The van der Waals surface area contributed by atoms with Gasteiger partial charge in [-0.15, -0.1) is 21.5 Å². The Bertz CT molecular complexity index is 820. The normalized spacial score (nSPS) is 10.3. The summed E-state index contributed by atoms with van der Waals surface area (Å²) in [5, 5.41) is 10.7. The molecule has 0 saturated carbocycles. The van der Waals surface area contributed by atoms with Crippen molar-refractivity contribution in [1.82, 2.24) is 26.0 Å². The highest BCUT2D eigenvalue weighted by Gasteiger charge is 2.11. The van der Waals surface area contributed by atoms with Gasteiger partial charge in [0.25, 0.3) is 5.91 Å². The summed E-state index contributed by atoms with van der Waals surface area (Å²) in [6.45, 7) is 0. The summed E-state index contributed by atoms with van der Waals surface area (Å²) in [7, 11) is 0. The maximum atomic E-state index is 11.8. The van der Waals surface area contributed by atoms with Crippen molar-refractivity contribution >= 4 is 46.2 Å². The maximum absolute atomic E-state index is 11.8. The van der Waals surface area contributed by atoms with Crippen LogP contribution in [0.15, 0.2) is 46.4 Å². The van der Waals surface area contributed by atoms with E-state index in [1.54, 1.807) is 29.9 Å². The van der Waals surface area contributed by atoms with Crippen LogP contribution in [0.25, 0.3) is 10.6 Å². The lowest BCUT2D eigenvalue weighted by molar-refractivity contribution is -0.119. The van der Waals surface area contributed by atoms with Gasteiger partial charge in [0.15, 0.2) is 4.34 Å². The SMILES string of the molecule is O=C(CSc1nnc(-c2ccncc2)s1)NNC(=O)c1cccs1. The summed E-state index contributed by atoms with van der Waals surface area (Å²) in [6.07, 6.45) is 3.38. The minimum absolute atomic E-state index is 0.135. The molecular weight excluding hydrogens is 366 g/mol. The third kappa shape index (κ3) is 4.37. The number of amides is 2. The van der Waals surface area contributed by atoms with Gasteiger partial charge in [-0.05, 0) is 23.6 Å². The predicted molar refractivity (Wildman–Crippen MR) is 93.8 cm³/mol. The fourth-order valence-electron chi connectivity index (χ4n) is 1.64. The molecule has 3 aromatic heterocycles. The van der Waals surface area contributed by atoms with E-state index in [1.165, 1.54) is 34.4 Å². The maximum Gasteiger partial charge on any atom is 0.279 e. The van der Waals surface area contributed by atoms with Crippen LogP contribution in [0, 0.1) is 0 Å². The number of nitrogens with zero attached hydrogens (tertiary/aromatic N) is 3. The molecule has 0 unspecified atom stereocenters. The number of hydrogen-bond donors (Lipinski definition) is 2. The fourth-order valence-corrected chi connectivity index (χ4v) is 3.91. The van der Waals surface area contributed by atoms with Gasteiger partial charge >= 0.3 is 0 Å². The van der Waals surface area contributed by atoms with Crippen LogP contribution >= 0.6 is 34.4 Å². The fraction of sp³-hybridized carbons (Fsp3) is 0.0714. The Morgan fingerprint density at radius 1 is 1.12 bits per heavy atom. The van der Waals surface area contributed by atoms with E-state index in [1.807, 2.05) is 12.1 Å². The van der Waals surface area contributed by atoms with Crippen LogP contribution < -0.4 is 10.9 Å². The first-order chi connectivity index (χ1) is 11.7. The number of hydrazine groups is 1. The molecule has 0 aliphatic carbocycles. The minimum atomic E-state index is -0.334. The zero-order chi connectivity index (χ0) is 16.8. The quantitative estimate of drug-likeness (QED) is 0.523. The molecule has 0 fully saturated rings. The van der Waals surface area contributed by atoms with Gasteiger partial charge in [0.2, 0.25) is 5.91 Å². The number of aromatic nitrogens is 3. The Morgan fingerprint density at radius 3 is 2.71 bits per heavy atom. The zero-order valence-corrected chi connectivity index (χ0v) is 14.6. The van der Waals surface area contributed by atoms with Crippen LogP contribution in [0.4, 0.5) is 0 Å². The van der Waals surface area contributed by atoms with Crippen LogP contribution in [0.2, 0.25) is 0 Å². The largest absolute Gasteiger partial charge is 0.279 e. The van der Waals surface area contributed by atoms with Crippen molar-refractivity contribution in [3.05, 3.63) is 46.9 Å². The van der Waals surface area contributed by atoms with E-state index in [0.717, 1.165) is 10.6 Å². The Kier molecular flexibility index (Phi) is 5.51. The lowest BCUT2D eigenvalue weighted by Gasteiger charge is -2.04. The van der Waals surface area contributed by atoms with Gasteiger partial charge in [0.1, 0.15) is 5.01 Å². The van der Waals surface area contributed by atoms with Gasteiger partial charge < -0.3 is 0 Å². The highest BCUT2D eigenvalue weighted by molar-refractivity contribution is 8.01. The number of nitrogens with one attached hydrogen (secondary N) is 2. The smallest absolute Gasteiger partial charge is 0.272 e. The molecule has 0 saturated heterocycles. The second kappa shape index (κ2) is 7.99. The molecule has 3 heterocycles. The van der Waals surface area contributed by atoms with Gasteiger partial charge in [-0.3, -0.25) is 25.4 Å². The lowest BCUT2D eigenvalue weighted by Crippen LogP contribution is -2.42. The average Bonchev–Trinajstić information content (AvgIpc) is 3.30. The second-order valence-corrected chi connectivity index (χ2v) is 7.52. The van der Waals surface area contributed by atoms with Crippen LogP contribution in [0.5, 0.6) is 0 Å². The average molecular weight is 377 g/mol. The van der Waals surface area contributed by atoms with Crippen molar-refractivity contribution in [3.63, 3.8) is 0 Å². The number of thiophene rings is 1. The molecule has 0 aliphatic heterocycles. The molecular formula is C14H11N5O2S3. The van der Waals surface area contributed by atoms with E-state index in [2.05, 4.69) is 26.0 Å². The van der Waals surface area contributed by atoms with Crippen LogP contribution in [-0.2, 0) is 4.79 Å². The minimum Gasteiger partial charge on any atom is -0.272 e. The van der Waals surface area contributed by atoms with Gasteiger partial charge in [-0.25, -0.2) is 0 Å². The number of hydrogen-bond acceptors (Lipinski definition) is 8. The molecule has 3 rings (SSSR count). The highest BCUT2D eigenvalue weighted by Crippen LogP contribution is 2.28. The molecule has 0 radical (unpaired) electrons. The number of pyridine rings is 1. The molecule has 0 bridgehead atoms. The van der Waals surface area contributed by atoms with Crippen molar-refractivity contribution in [3.8, 4) is 10.6 Å². The van der Waals surface area contributed by atoms with Gasteiger partial charge in [0.05, 0.1) is 10.6 Å². The molecule has 122 valence electrons. The van der Waals surface area contributed by atoms with Crippen molar-refractivity contribution in [2.24, 2.45) is 0 Å². The predicted octanol–water partition coefficient (Wildman–Crippen LogP) is 2.21.